The molecule has 1 aliphatic rings. The fourth-order valence-electron chi connectivity index (χ4n) is 3.72. The van der Waals surface area contributed by atoms with Crippen LogP contribution < -0.4 is 0 Å². The Morgan fingerprint density at radius 3 is 2.46 bits per heavy atom. The number of amidine groups is 1. The molecule has 1 N–H and O–H groups in total. The molecule has 1 saturated heterocycles. The van der Waals surface area contributed by atoms with E-state index in [1.54, 1.807) is 35.0 Å². The number of hydrogen-bond acceptors (Lipinski definition) is 7. The average Bonchev–Trinajstić information content (AvgIpc) is 3.52. The summed E-state index contributed by atoms with van der Waals surface area (Å²) >= 11 is 13.2. The van der Waals surface area contributed by atoms with E-state index in [9.17, 15) is 5.11 Å². The Bertz CT molecular complexity index is 1190. The molecule has 11 heteroatoms. The number of nitriles is 1. The molecule has 0 radical (unpaired) electrons. The van der Waals surface area contributed by atoms with Gasteiger partial charge >= 0.3 is 0 Å². The number of rotatable bonds is 7. The maximum absolute atomic E-state index is 11.1. The third-order valence-corrected chi connectivity index (χ3v) is 7.67. The highest BCUT2D eigenvalue weighted by molar-refractivity contribution is 8.14. The van der Waals surface area contributed by atoms with Crippen LogP contribution >= 0.6 is 35.0 Å². The van der Waals surface area contributed by atoms with Gasteiger partial charge in [-0.3, -0.25) is 4.68 Å². The van der Waals surface area contributed by atoms with Crippen molar-refractivity contribution < 1.29 is 5.11 Å². The van der Waals surface area contributed by atoms with Crippen molar-refractivity contribution in [3.05, 3.63) is 76.6 Å². The van der Waals surface area contributed by atoms with Gasteiger partial charge in [0.1, 0.15) is 17.8 Å². The minimum absolute atomic E-state index is 0.259. The Morgan fingerprint density at radius 1 is 1.14 bits per heavy atom. The van der Waals surface area contributed by atoms with Gasteiger partial charge in [0.15, 0.2) is 5.17 Å². The minimum Gasteiger partial charge on any atom is -0.387 e. The zero-order chi connectivity index (χ0) is 26.9. The first kappa shape index (κ1) is 28.9. The van der Waals surface area contributed by atoms with E-state index >= 15 is 0 Å². The van der Waals surface area contributed by atoms with E-state index in [-0.39, 0.29) is 5.41 Å². The van der Waals surface area contributed by atoms with Gasteiger partial charge in [-0.1, -0.05) is 73.9 Å². The molecule has 1 unspecified atom stereocenters. The summed E-state index contributed by atoms with van der Waals surface area (Å²) in [6.45, 7) is 8.21. The lowest BCUT2D eigenvalue weighted by atomic mass is 9.73. The monoisotopic (exact) mass is 559 g/mol. The van der Waals surface area contributed by atoms with Crippen LogP contribution in [0.15, 0.2) is 60.2 Å². The molecule has 4 rings (SSSR count). The van der Waals surface area contributed by atoms with Crippen molar-refractivity contribution in [2.75, 3.05) is 12.3 Å². The van der Waals surface area contributed by atoms with Gasteiger partial charge in [0, 0.05) is 30.1 Å². The van der Waals surface area contributed by atoms with E-state index in [2.05, 4.69) is 25.0 Å². The van der Waals surface area contributed by atoms with E-state index < -0.39 is 5.60 Å². The van der Waals surface area contributed by atoms with Gasteiger partial charge in [0.2, 0.25) is 6.19 Å². The summed E-state index contributed by atoms with van der Waals surface area (Å²) in [4.78, 5) is 13.8. The maximum Gasteiger partial charge on any atom is 0.208 e. The SMILES string of the molecule is CC(C)(C)C(O)(CCc1ccc(Cl)cc1)Cn1cncn1.N#CN=C1SCCN1Cc1ccc(Cl)nc1. The molecule has 3 heterocycles. The Balaban J connectivity index is 0.000000213. The van der Waals surface area contributed by atoms with Crippen LogP contribution in [0.4, 0.5) is 0 Å². The molecule has 37 heavy (non-hydrogen) atoms. The molecule has 1 aromatic carbocycles. The fraction of sp³-hybridized carbons (Fsp3) is 0.423. The Kier molecular flexibility index (Phi) is 10.4. The second-order valence-electron chi connectivity index (χ2n) is 9.75. The summed E-state index contributed by atoms with van der Waals surface area (Å²) < 4.78 is 1.69. The molecule has 196 valence electrons. The average molecular weight is 561 g/mol. The van der Waals surface area contributed by atoms with E-state index in [0.717, 1.165) is 41.0 Å². The molecule has 0 aliphatic carbocycles. The van der Waals surface area contributed by atoms with E-state index in [1.165, 1.54) is 11.9 Å². The summed E-state index contributed by atoms with van der Waals surface area (Å²) in [5.41, 5.74) is 1.12. The molecular formula is C26H31Cl2N7OS. The van der Waals surface area contributed by atoms with Crippen LogP contribution in [0.25, 0.3) is 0 Å². The maximum atomic E-state index is 11.1. The number of halogens is 2. The molecule has 0 spiro atoms. The summed E-state index contributed by atoms with van der Waals surface area (Å²) in [6.07, 6.45) is 8.14. The predicted octanol–water partition coefficient (Wildman–Crippen LogP) is 5.46. The van der Waals surface area contributed by atoms with Crippen molar-refractivity contribution in [3.8, 4) is 6.19 Å². The van der Waals surface area contributed by atoms with Crippen LogP contribution in [-0.4, -0.2) is 52.8 Å². The highest BCUT2D eigenvalue weighted by Gasteiger charge is 2.40. The van der Waals surface area contributed by atoms with Crippen molar-refractivity contribution in [1.82, 2.24) is 24.6 Å². The Morgan fingerprint density at radius 2 is 1.86 bits per heavy atom. The lowest BCUT2D eigenvalue weighted by Gasteiger charge is -2.40. The molecule has 0 amide bonds. The number of nitrogens with zero attached hydrogens (tertiary/aromatic N) is 7. The number of aliphatic imine (C=N–C) groups is 1. The Labute approximate surface area is 232 Å². The van der Waals surface area contributed by atoms with E-state index in [4.69, 9.17) is 28.5 Å². The van der Waals surface area contributed by atoms with Crippen molar-refractivity contribution in [2.24, 2.45) is 10.4 Å². The van der Waals surface area contributed by atoms with Crippen molar-refractivity contribution in [2.45, 2.75) is 52.3 Å². The summed E-state index contributed by atoms with van der Waals surface area (Å²) in [6, 6.07) is 11.5. The third-order valence-electron chi connectivity index (χ3n) is 6.20. The third kappa shape index (κ3) is 8.71. The first-order valence-corrected chi connectivity index (χ1v) is 13.6. The lowest BCUT2D eigenvalue weighted by Crippen LogP contribution is -2.47. The molecule has 1 aliphatic heterocycles. The van der Waals surface area contributed by atoms with Gasteiger partial charge < -0.3 is 10.0 Å². The quantitative estimate of drug-likeness (QED) is 0.302. The highest BCUT2D eigenvalue weighted by Crippen LogP contribution is 2.35. The molecule has 3 aromatic rings. The zero-order valence-corrected chi connectivity index (χ0v) is 23.5. The predicted molar refractivity (Wildman–Crippen MR) is 149 cm³/mol. The van der Waals surface area contributed by atoms with E-state index in [0.29, 0.717) is 18.1 Å². The van der Waals surface area contributed by atoms with Crippen molar-refractivity contribution >= 4 is 40.1 Å². The van der Waals surface area contributed by atoms with Gasteiger partial charge in [-0.05, 0) is 47.6 Å². The Hall–Kier alpha value is -2.64. The van der Waals surface area contributed by atoms with Crippen LogP contribution in [0, 0.1) is 16.9 Å². The number of benzene rings is 1. The van der Waals surface area contributed by atoms with Crippen LogP contribution in [0.3, 0.4) is 0 Å². The van der Waals surface area contributed by atoms with E-state index in [1.807, 2.05) is 57.3 Å². The fourth-order valence-corrected chi connectivity index (χ4v) is 4.90. The van der Waals surface area contributed by atoms with Gasteiger partial charge in [-0.2, -0.15) is 10.4 Å². The molecular weight excluding hydrogens is 529 g/mol. The van der Waals surface area contributed by atoms with Crippen molar-refractivity contribution in [3.63, 3.8) is 0 Å². The zero-order valence-electron chi connectivity index (χ0n) is 21.2. The summed E-state index contributed by atoms with van der Waals surface area (Å²) in [5, 5.41) is 25.8. The molecule has 0 saturated carbocycles. The molecule has 0 bridgehead atoms. The number of hydrogen-bond donors (Lipinski definition) is 1. The standard InChI is InChI=1S/C16H22ClN3O.C10H9ClN4S/c1-15(2,3)16(21,10-20-12-18-11-19-20)9-8-13-4-6-14(17)7-5-13;11-9-2-1-8(5-13-9)6-15-3-4-16-10(15)14-7-12/h4-7,11-12,21H,8-10H2,1-3H3;1-2,5H,3-4,6H2. The number of aromatic nitrogens is 4. The van der Waals surface area contributed by atoms with Crippen LogP contribution in [0.5, 0.6) is 0 Å². The number of aryl methyl sites for hydroxylation is 1. The largest absolute Gasteiger partial charge is 0.387 e. The van der Waals surface area contributed by atoms with Gasteiger partial charge in [-0.15, -0.1) is 4.99 Å². The normalized spacial score (nSPS) is 16.1. The van der Waals surface area contributed by atoms with Gasteiger partial charge in [0.25, 0.3) is 0 Å². The molecule has 1 fully saturated rings. The second kappa shape index (κ2) is 13.2. The summed E-state index contributed by atoms with van der Waals surface area (Å²) in [7, 11) is 0. The van der Waals surface area contributed by atoms with Crippen LogP contribution in [-0.2, 0) is 19.5 Å². The summed E-state index contributed by atoms with van der Waals surface area (Å²) in [5.74, 6) is 0.974. The highest BCUT2D eigenvalue weighted by atomic mass is 35.5. The first-order valence-electron chi connectivity index (χ1n) is 11.8. The van der Waals surface area contributed by atoms with Crippen LogP contribution in [0.2, 0.25) is 10.2 Å². The van der Waals surface area contributed by atoms with Gasteiger partial charge in [-0.25, -0.2) is 9.97 Å². The van der Waals surface area contributed by atoms with Gasteiger partial charge in [0.05, 0.1) is 12.1 Å². The molecule has 8 nitrogen and oxygen atoms in total. The minimum atomic E-state index is -0.861. The topological polar surface area (TPSA) is 103 Å². The number of thioether (sulfide) groups is 1. The molecule has 1 atom stereocenters. The number of pyridine rings is 1. The van der Waals surface area contributed by atoms with Crippen LogP contribution in [0.1, 0.15) is 38.3 Å². The van der Waals surface area contributed by atoms with Crippen molar-refractivity contribution in [1.29, 1.82) is 5.26 Å². The molecule has 2 aromatic heterocycles. The first-order chi connectivity index (χ1) is 17.6. The lowest BCUT2D eigenvalue weighted by molar-refractivity contribution is -0.0796. The number of aliphatic hydroxyl groups is 1. The second-order valence-corrected chi connectivity index (χ2v) is 11.6. The smallest absolute Gasteiger partial charge is 0.208 e.